The molecule has 0 unspecified atom stereocenters. The maximum absolute atomic E-state index is 12.5. The third-order valence-electron chi connectivity index (χ3n) is 4.41. The number of aromatic amines is 2. The monoisotopic (exact) mass is 329 g/mol. The van der Waals surface area contributed by atoms with Crippen LogP contribution in [0, 0.1) is 13.8 Å². The lowest BCUT2D eigenvalue weighted by Crippen LogP contribution is -2.39. The molecule has 0 atom stereocenters. The molecule has 0 saturated heterocycles. The molecule has 1 aliphatic rings. The molecule has 2 aromatic heterocycles. The second-order valence-corrected chi connectivity index (χ2v) is 5.95. The van der Waals surface area contributed by atoms with Crippen LogP contribution in [0.15, 0.2) is 15.9 Å². The maximum atomic E-state index is 12.5. The molecule has 3 heterocycles. The number of nitrogens with zero attached hydrogens (tertiary/aromatic N) is 3. The van der Waals surface area contributed by atoms with Gasteiger partial charge in [-0.05, 0) is 32.3 Å². The summed E-state index contributed by atoms with van der Waals surface area (Å²) in [4.78, 5) is 50.5. The summed E-state index contributed by atoms with van der Waals surface area (Å²) in [5.41, 5.74) is 3.13. The number of H-pyrrole nitrogens is 2. The Labute approximate surface area is 138 Å². The van der Waals surface area contributed by atoms with E-state index in [1.165, 1.54) is 6.33 Å². The SMILES string of the molecule is Cc1nc(=O)[nH]c(C)c1CCC(=O)N1CCc2c(nc[nH]c2=O)C1. The molecule has 24 heavy (non-hydrogen) atoms. The number of hydrogen-bond acceptors (Lipinski definition) is 5. The molecule has 8 nitrogen and oxygen atoms in total. The van der Waals surface area contributed by atoms with Crippen LogP contribution in [0.1, 0.15) is 34.6 Å². The van der Waals surface area contributed by atoms with Crippen LogP contribution in [0.25, 0.3) is 0 Å². The molecule has 0 bridgehead atoms. The highest BCUT2D eigenvalue weighted by atomic mass is 16.2. The van der Waals surface area contributed by atoms with Gasteiger partial charge in [-0.25, -0.2) is 9.78 Å². The number of carbonyl (C=O) groups is 1. The van der Waals surface area contributed by atoms with E-state index in [0.717, 1.165) is 11.3 Å². The first-order valence-corrected chi connectivity index (χ1v) is 7.85. The van der Waals surface area contributed by atoms with Crippen molar-refractivity contribution >= 4 is 5.91 Å². The average Bonchev–Trinajstić information content (AvgIpc) is 2.53. The van der Waals surface area contributed by atoms with Gasteiger partial charge in [0.25, 0.3) is 5.56 Å². The van der Waals surface area contributed by atoms with Gasteiger partial charge < -0.3 is 14.9 Å². The van der Waals surface area contributed by atoms with Crippen molar-refractivity contribution in [3.05, 3.63) is 55.4 Å². The molecule has 1 aliphatic heterocycles. The fraction of sp³-hybridized carbons (Fsp3) is 0.438. The maximum Gasteiger partial charge on any atom is 0.345 e. The van der Waals surface area contributed by atoms with Crippen LogP contribution in [0.4, 0.5) is 0 Å². The first-order chi connectivity index (χ1) is 11.5. The summed E-state index contributed by atoms with van der Waals surface area (Å²) in [6, 6.07) is 0. The molecule has 126 valence electrons. The zero-order chi connectivity index (χ0) is 17.3. The normalized spacial score (nSPS) is 13.7. The number of rotatable bonds is 3. The Kier molecular flexibility index (Phi) is 4.28. The van der Waals surface area contributed by atoms with Gasteiger partial charge in [0.1, 0.15) is 0 Å². The molecule has 0 saturated carbocycles. The van der Waals surface area contributed by atoms with E-state index in [1.807, 2.05) is 6.92 Å². The molecule has 0 aliphatic carbocycles. The summed E-state index contributed by atoms with van der Waals surface area (Å²) in [6.07, 6.45) is 2.73. The topological polar surface area (TPSA) is 112 Å². The lowest BCUT2D eigenvalue weighted by atomic mass is 10.0. The third-order valence-corrected chi connectivity index (χ3v) is 4.41. The van der Waals surface area contributed by atoms with Gasteiger partial charge in [0.15, 0.2) is 0 Å². The van der Waals surface area contributed by atoms with E-state index >= 15 is 0 Å². The van der Waals surface area contributed by atoms with E-state index in [1.54, 1.807) is 11.8 Å². The van der Waals surface area contributed by atoms with E-state index in [0.29, 0.717) is 49.3 Å². The predicted octanol–water partition coefficient (Wildman–Crippen LogP) is -0.0125. The molecule has 8 heteroatoms. The molecule has 0 aromatic carbocycles. The second kappa shape index (κ2) is 6.38. The average molecular weight is 329 g/mol. The van der Waals surface area contributed by atoms with Gasteiger partial charge >= 0.3 is 5.69 Å². The van der Waals surface area contributed by atoms with Crippen molar-refractivity contribution in [2.24, 2.45) is 0 Å². The van der Waals surface area contributed by atoms with Gasteiger partial charge in [0.05, 0.1) is 18.6 Å². The highest BCUT2D eigenvalue weighted by Gasteiger charge is 2.23. The van der Waals surface area contributed by atoms with Crippen LogP contribution >= 0.6 is 0 Å². The molecule has 0 radical (unpaired) electrons. The molecule has 1 amide bonds. The van der Waals surface area contributed by atoms with Crippen LogP contribution in [0.2, 0.25) is 0 Å². The highest BCUT2D eigenvalue weighted by molar-refractivity contribution is 5.76. The van der Waals surface area contributed by atoms with Crippen LogP contribution in [-0.2, 0) is 24.2 Å². The van der Waals surface area contributed by atoms with Crippen LogP contribution in [0.3, 0.4) is 0 Å². The van der Waals surface area contributed by atoms with E-state index in [4.69, 9.17) is 0 Å². The summed E-state index contributed by atoms with van der Waals surface area (Å²) in [5, 5.41) is 0. The first-order valence-electron chi connectivity index (χ1n) is 7.85. The number of carbonyl (C=O) groups excluding carboxylic acids is 1. The summed E-state index contributed by atoms with van der Waals surface area (Å²) < 4.78 is 0. The number of fused-ring (bicyclic) bond motifs is 1. The Morgan fingerprint density at radius 1 is 1.33 bits per heavy atom. The molecular weight excluding hydrogens is 310 g/mol. The van der Waals surface area contributed by atoms with E-state index in [-0.39, 0.29) is 17.2 Å². The Balaban J connectivity index is 1.69. The quantitative estimate of drug-likeness (QED) is 0.822. The summed E-state index contributed by atoms with van der Waals surface area (Å²) >= 11 is 0. The summed E-state index contributed by atoms with van der Waals surface area (Å²) in [7, 11) is 0. The van der Waals surface area contributed by atoms with Gasteiger partial charge in [-0.3, -0.25) is 9.59 Å². The van der Waals surface area contributed by atoms with Crippen molar-refractivity contribution in [3.63, 3.8) is 0 Å². The standard InChI is InChI=1S/C16H19N5O3/c1-9-11(10(2)20-16(24)19-9)3-4-14(22)21-6-5-12-13(7-21)17-8-18-15(12)23/h8H,3-7H2,1-2H3,(H,17,18,23)(H,19,20,24). The minimum absolute atomic E-state index is 0.00716. The van der Waals surface area contributed by atoms with Crippen molar-refractivity contribution in [2.75, 3.05) is 6.54 Å². The highest BCUT2D eigenvalue weighted by Crippen LogP contribution is 2.16. The largest absolute Gasteiger partial charge is 0.345 e. The van der Waals surface area contributed by atoms with Crippen molar-refractivity contribution in [1.29, 1.82) is 0 Å². The minimum Gasteiger partial charge on any atom is -0.336 e. The molecular formula is C16H19N5O3. The molecule has 0 fully saturated rings. The van der Waals surface area contributed by atoms with Crippen LogP contribution < -0.4 is 11.2 Å². The van der Waals surface area contributed by atoms with Crippen molar-refractivity contribution < 1.29 is 4.79 Å². The third kappa shape index (κ3) is 3.12. The fourth-order valence-electron chi connectivity index (χ4n) is 3.09. The Morgan fingerprint density at radius 3 is 2.88 bits per heavy atom. The number of amides is 1. The predicted molar refractivity (Wildman–Crippen MR) is 86.6 cm³/mol. The van der Waals surface area contributed by atoms with Gasteiger partial charge in [-0.15, -0.1) is 0 Å². The van der Waals surface area contributed by atoms with Gasteiger partial charge in [0, 0.05) is 29.9 Å². The number of aromatic nitrogens is 4. The first kappa shape index (κ1) is 16.1. The Morgan fingerprint density at radius 2 is 2.12 bits per heavy atom. The van der Waals surface area contributed by atoms with Gasteiger partial charge in [-0.1, -0.05) is 0 Å². The smallest absolute Gasteiger partial charge is 0.336 e. The fourth-order valence-corrected chi connectivity index (χ4v) is 3.09. The number of hydrogen-bond donors (Lipinski definition) is 2. The second-order valence-electron chi connectivity index (χ2n) is 5.95. The van der Waals surface area contributed by atoms with Crippen LogP contribution in [0.5, 0.6) is 0 Å². The lowest BCUT2D eigenvalue weighted by molar-refractivity contribution is -0.132. The number of nitrogens with one attached hydrogen (secondary N) is 2. The van der Waals surface area contributed by atoms with Crippen molar-refractivity contribution in [1.82, 2.24) is 24.8 Å². The zero-order valence-electron chi connectivity index (χ0n) is 13.7. The Bertz CT molecular complexity index is 873. The van der Waals surface area contributed by atoms with Crippen molar-refractivity contribution in [2.45, 2.75) is 39.7 Å². The van der Waals surface area contributed by atoms with E-state index in [2.05, 4.69) is 19.9 Å². The molecule has 2 aromatic rings. The van der Waals surface area contributed by atoms with Gasteiger partial charge in [0.2, 0.25) is 5.91 Å². The Hall–Kier alpha value is -2.77. The number of aryl methyl sites for hydroxylation is 2. The van der Waals surface area contributed by atoms with E-state index < -0.39 is 0 Å². The molecule has 3 rings (SSSR count). The zero-order valence-corrected chi connectivity index (χ0v) is 13.7. The van der Waals surface area contributed by atoms with Crippen molar-refractivity contribution in [3.8, 4) is 0 Å². The summed E-state index contributed by atoms with van der Waals surface area (Å²) in [5.74, 6) is 0.00716. The summed E-state index contributed by atoms with van der Waals surface area (Å²) in [6.45, 7) is 4.46. The molecule has 0 spiro atoms. The van der Waals surface area contributed by atoms with Gasteiger partial charge in [-0.2, -0.15) is 4.98 Å². The van der Waals surface area contributed by atoms with Crippen LogP contribution in [-0.4, -0.2) is 37.3 Å². The van der Waals surface area contributed by atoms with E-state index in [9.17, 15) is 14.4 Å². The minimum atomic E-state index is -0.371. The lowest BCUT2D eigenvalue weighted by Gasteiger charge is -2.27. The molecule has 2 N–H and O–H groups in total.